The summed E-state index contributed by atoms with van der Waals surface area (Å²) >= 11 is 0. The summed E-state index contributed by atoms with van der Waals surface area (Å²) in [5.41, 5.74) is 1.46. The van der Waals surface area contributed by atoms with Crippen molar-refractivity contribution in [3.63, 3.8) is 0 Å². The lowest BCUT2D eigenvalue weighted by molar-refractivity contribution is -0.131. The minimum atomic E-state index is -0.443. The second-order valence-electron chi connectivity index (χ2n) is 5.61. The molecule has 22 heavy (non-hydrogen) atoms. The van der Waals surface area contributed by atoms with Gasteiger partial charge in [0.25, 0.3) is 0 Å². The van der Waals surface area contributed by atoms with Crippen LogP contribution in [0.15, 0.2) is 48.5 Å². The fraction of sp³-hybridized carbons (Fsp3) is 0.278. The molecule has 2 aromatic rings. The summed E-state index contributed by atoms with van der Waals surface area (Å²) in [4.78, 5) is 14.4. The molecule has 0 aromatic heterocycles. The molecule has 1 unspecified atom stereocenters. The molecule has 1 atom stereocenters. The molecule has 1 saturated heterocycles. The van der Waals surface area contributed by atoms with Crippen molar-refractivity contribution in [3.05, 3.63) is 65.5 Å². The molecule has 1 N–H and O–H groups in total. The summed E-state index contributed by atoms with van der Waals surface area (Å²) < 4.78 is 13.3. The normalized spacial score (nSPS) is 17.7. The molecule has 0 saturated carbocycles. The highest BCUT2D eigenvalue weighted by molar-refractivity contribution is 5.80. The van der Waals surface area contributed by atoms with Crippen LogP contribution in [0.1, 0.15) is 30.0 Å². The van der Waals surface area contributed by atoms with Crippen LogP contribution in [-0.2, 0) is 11.2 Å². The molecule has 1 aliphatic heterocycles. The maximum atomic E-state index is 13.3. The van der Waals surface area contributed by atoms with Crippen LogP contribution in [0.2, 0.25) is 0 Å². The van der Waals surface area contributed by atoms with Gasteiger partial charge in [0.1, 0.15) is 11.6 Å². The van der Waals surface area contributed by atoms with Crippen LogP contribution in [0.5, 0.6) is 5.75 Å². The number of halogens is 1. The van der Waals surface area contributed by atoms with Gasteiger partial charge in [-0.25, -0.2) is 4.39 Å². The van der Waals surface area contributed by atoms with Crippen molar-refractivity contribution in [1.29, 1.82) is 0 Å². The van der Waals surface area contributed by atoms with Crippen molar-refractivity contribution in [2.45, 2.75) is 25.3 Å². The Morgan fingerprint density at radius 3 is 2.77 bits per heavy atom. The van der Waals surface area contributed by atoms with E-state index in [-0.39, 0.29) is 24.1 Å². The highest BCUT2D eigenvalue weighted by Crippen LogP contribution is 2.32. The Kier molecular flexibility index (Phi) is 4.09. The SMILES string of the molecule is O=C(Cc1cc(F)ccc1O)N1CCCC1c1ccccc1. The Hall–Kier alpha value is -2.36. The zero-order valence-electron chi connectivity index (χ0n) is 12.2. The van der Waals surface area contributed by atoms with Crippen molar-refractivity contribution < 1.29 is 14.3 Å². The molecule has 2 aromatic carbocycles. The van der Waals surface area contributed by atoms with E-state index in [1.165, 1.54) is 18.2 Å². The van der Waals surface area contributed by atoms with E-state index in [1.54, 1.807) is 0 Å². The van der Waals surface area contributed by atoms with Gasteiger partial charge in [-0.05, 0) is 36.6 Å². The molecule has 3 nitrogen and oxygen atoms in total. The number of phenols is 1. The Bertz CT molecular complexity index is 672. The lowest BCUT2D eigenvalue weighted by atomic mass is 10.0. The fourth-order valence-electron chi connectivity index (χ4n) is 3.05. The molecule has 4 heteroatoms. The Balaban J connectivity index is 1.78. The molecular formula is C18H18FNO2. The summed E-state index contributed by atoms with van der Waals surface area (Å²) in [6.07, 6.45) is 1.91. The molecule has 114 valence electrons. The Morgan fingerprint density at radius 2 is 2.00 bits per heavy atom. The first-order valence-corrected chi connectivity index (χ1v) is 7.47. The van der Waals surface area contributed by atoms with Crippen LogP contribution in [0.25, 0.3) is 0 Å². The number of nitrogens with zero attached hydrogens (tertiary/aromatic N) is 1. The molecule has 0 bridgehead atoms. The fourth-order valence-corrected chi connectivity index (χ4v) is 3.05. The molecule has 1 amide bonds. The summed E-state index contributed by atoms with van der Waals surface area (Å²) in [6, 6.07) is 13.7. The standard InChI is InChI=1S/C18H18FNO2/c19-15-8-9-17(21)14(11-15)12-18(22)20-10-4-7-16(20)13-5-2-1-3-6-13/h1-3,5-6,8-9,11,16,21H,4,7,10,12H2. The number of amides is 1. The highest BCUT2D eigenvalue weighted by Gasteiger charge is 2.30. The van der Waals surface area contributed by atoms with E-state index in [1.807, 2.05) is 35.2 Å². The third-order valence-corrected chi connectivity index (χ3v) is 4.14. The van der Waals surface area contributed by atoms with Crippen molar-refractivity contribution in [2.75, 3.05) is 6.54 Å². The van der Waals surface area contributed by atoms with Crippen LogP contribution in [-0.4, -0.2) is 22.5 Å². The van der Waals surface area contributed by atoms with E-state index in [2.05, 4.69) is 0 Å². The average molecular weight is 299 g/mol. The first kappa shape index (κ1) is 14.6. The third-order valence-electron chi connectivity index (χ3n) is 4.14. The van der Waals surface area contributed by atoms with Crippen LogP contribution in [0, 0.1) is 5.82 Å². The largest absolute Gasteiger partial charge is 0.508 e. The van der Waals surface area contributed by atoms with Gasteiger partial charge in [0.15, 0.2) is 0 Å². The van der Waals surface area contributed by atoms with Crippen LogP contribution in [0.4, 0.5) is 4.39 Å². The van der Waals surface area contributed by atoms with E-state index >= 15 is 0 Å². The van der Waals surface area contributed by atoms with Crippen LogP contribution in [0.3, 0.4) is 0 Å². The van der Waals surface area contributed by atoms with Crippen molar-refractivity contribution in [2.24, 2.45) is 0 Å². The van der Waals surface area contributed by atoms with Gasteiger partial charge >= 0.3 is 0 Å². The summed E-state index contributed by atoms with van der Waals surface area (Å²) in [5, 5.41) is 9.77. The quantitative estimate of drug-likeness (QED) is 0.943. The Morgan fingerprint density at radius 1 is 1.23 bits per heavy atom. The zero-order valence-corrected chi connectivity index (χ0v) is 12.2. The predicted molar refractivity (Wildman–Crippen MR) is 81.9 cm³/mol. The first-order chi connectivity index (χ1) is 10.6. The number of hydrogen-bond acceptors (Lipinski definition) is 2. The molecular weight excluding hydrogens is 281 g/mol. The summed E-state index contributed by atoms with van der Waals surface area (Å²) in [5.74, 6) is -0.556. The van der Waals surface area contributed by atoms with Gasteiger partial charge in [-0.3, -0.25) is 4.79 Å². The summed E-state index contributed by atoms with van der Waals surface area (Å²) in [6.45, 7) is 0.703. The second-order valence-corrected chi connectivity index (χ2v) is 5.61. The molecule has 0 aliphatic carbocycles. The minimum absolute atomic E-state index is 0.0208. The van der Waals surface area contributed by atoms with Crippen molar-refractivity contribution in [3.8, 4) is 5.75 Å². The lowest BCUT2D eigenvalue weighted by Gasteiger charge is -2.25. The van der Waals surface area contributed by atoms with Gasteiger partial charge < -0.3 is 10.0 Å². The summed E-state index contributed by atoms with van der Waals surface area (Å²) in [7, 11) is 0. The van der Waals surface area contributed by atoms with Gasteiger partial charge in [-0.2, -0.15) is 0 Å². The minimum Gasteiger partial charge on any atom is -0.508 e. The third kappa shape index (κ3) is 2.96. The number of carbonyl (C=O) groups is 1. The van der Waals surface area contributed by atoms with Crippen molar-refractivity contribution in [1.82, 2.24) is 4.90 Å². The predicted octanol–water partition coefficient (Wildman–Crippen LogP) is 3.44. The van der Waals surface area contributed by atoms with E-state index in [9.17, 15) is 14.3 Å². The topological polar surface area (TPSA) is 40.5 Å². The van der Waals surface area contributed by atoms with E-state index in [0.29, 0.717) is 12.1 Å². The smallest absolute Gasteiger partial charge is 0.227 e. The van der Waals surface area contributed by atoms with Crippen molar-refractivity contribution >= 4 is 5.91 Å². The molecule has 0 radical (unpaired) electrons. The average Bonchev–Trinajstić information content (AvgIpc) is 3.01. The molecule has 1 aliphatic rings. The van der Waals surface area contributed by atoms with Crippen LogP contribution < -0.4 is 0 Å². The molecule has 3 rings (SSSR count). The number of aromatic hydroxyl groups is 1. The molecule has 0 spiro atoms. The van der Waals surface area contributed by atoms with Gasteiger partial charge in [-0.15, -0.1) is 0 Å². The maximum Gasteiger partial charge on any atom is 0.227 e. The molecule has 1 heterocycles. The second kappa shape index (κ2) is 6.18. The van der Waals surface area contributed by atoms with E-state index < -0.39 is 5.82 Å². The van der Waals surface area contributed by atoms with E-state index in [0.717, 1.165) is 18.4 Å². The van der Waals surface area contributed by atoms with Gasteiger partial charge in [0.05, 0.1) is 12.5 Å². The number of hydrogen-bond donors (Lipinski definition) is 1. The molecule has 1 fully saturated rings. The number of benzene rings is 2. The van der Waals surface area contributed by atoms with Gasteiger partial charge in [-0.1, -0.05) is 30.3 Å². The monoisotopic (exact) mass is 299 g/mol. The number of rotatable bonds is 3. The van der Waals surface area contributed by atoms with Gasteiger partial charge in [0.2, 0.25) is 5.91 Å². The maximum absolute atomic E-state index is 13.3. The number of likely N-dealkylation sites (tertiary alicyclic amines) is 1. The van der Waals surface area contributed by atoms with E-state index in [4.69, 9.17) is 0 Å². The number of carbonyl (C=O) groups excluding carboxylic acids is 1. The lowest BCUT2D eigenvalue weighted by Crippen LogP contribution is -2.31. The Labute approximate surface area is 129 Å². The van der Waals surface area contributed by atoms with Crippen LogP contribution >= 0.6 is 0 Å². The number of phenolic OH excluding ortho intramolecular Hbond substituents is 1. The van der Waals surface area contributed by atoms with Gasteiger partial charge in [0, 0.05) is 12.1 Å². The highest BCUT2D eigenvalue weighted by atomic mass is 19.1. The zero-order chi connectivity index (χ0) is 15.5. The first-order valence-electron chi connectivity index (χ1n) is 7.47.